The van der Waals surface area contributed by atoms with Crippen molar-refractivity contribution in [2.75, 3.05) is 44.3 Å². The number of pyridine rings is 1. The Morgan fingerprint density at radius 1 is 1.37 bits per heavy atom. The van der Waals surface area contributed by atoms with Crippen molar-refractivity contribution in [3.05, 3.63) is 23.9 Å². The van der Waals surface area contributed by atoms with Crippen molar-refractivity contribution in [1.82, 2.24) is 9.88 Å². The van der Waals surface area contributed by atoms with Gasteiger partial charge in [0, 0.05) is 50.5 Å². The van der Waals surface area contributed by atoms with Crippen molar-refractivity contribution >= 4 is 5.82 Å². The van der Waals surface area contributed by atoms with Crippen LogP contribution in [0.15, 0.2) is 12.3 Å². The standard InChI is InChI=1S/C14H21N4O/c15-13-3-5-17(11-13)10-12-2-1-4-16-14(12)18-6-8-19-9-7-18/h1,4,13H,3,5-11,15H2. The molecule has 2 fully saturated rings. The molecule has 1 atom stereocenters. The van der Waals surface area contributed by atoms with Crippen molar-refractivity contribution < 1.29 is 4.74 Å². The number of nitrogens with two attached hydrogens (primary N) is 1. The van der Waals surface area contributed by atoms with E-state index in [1.165, 1.54) is 5.56 Å². The predicted octanol–water partition coefficient (Wildman–Crippen LogP) is 0.251. The molecule has 0 spiro atoms. The summed E-state index contributed by atoms with van der Waals surface area (Å²) in [5.41, 5.74) is 7.14. The number of anilines is 1. The van der Waals surface area contributed by atoms with Gasteiger partial charge < -0.3 is 15.4 Å². The van der Waals surface area contributed by atoms with Gasteiger partial charge in [0.15, 0.2) is 0 Å². The van der Waals surface area contributed by atoms with Crippen LogP contribution in [0.5, 0.6) is 0 Å². The summed E-state index contributed by atoms with van der Waals surface area (Å²) < 4.78 is 5.40. The molecule has 19 heavy (non-hydrogen) atoms. The molecule has 1 aromatic heterocycles. The summed E-state index contributed by atoms with van der Waals surface area (Å²) >= 11 is 0. The lowest BCUT2D eigenvalue weighted by atomic mass is 10.2. The molecule has 5 heteroatoms. The fourth-order valence-electron chi connectivity index (χ4n) is 2.78. The quantitative estimate of drug-likeness (QED) is 0.845. The van der Waals surface area contributed by atoms with Crippen LogP contribution in [0.2, 0.25) is 0 Å². The number of likely N-dealkylation sites (tertiary alicyclic amines) is 1. The number of aromatic nitrogens is 1. The smallest absolute Gasteiger partial charge is 0.133 e. The van der Waals surface area contributed by atoms with Gasteiger partial charge in [-0.25, -0.2) is 4.98 Å². The molecule has 0 bridgehead atoms. The molecule has 2 aliphatic rings. The molecule has 1 aromatic rings. The van der Waals surface area contributed by atoms with Crippen molar-refractivity contribution in [2.24, 2.45) is 5.73 Å². The number of ether oxygens (including phenoxy) is 1. The van der Waals surface area contributed by atoms with E-state index in [1.807, 2.05) is 12.3 Å². The van der Waals surface area contributed by atoms with Gasteiger partial charge in [-0.1, -0.05) is 0 Å². The van der Waals surface area contributed by atoms with Gasteiger partial charge in [-0.15, -0.1) is 0 Å². The largest absolute Gasteiger partial charge is 0.378 e. The summed E-state index contributed by atoms with van der Waals surface area (Å²) in [6, 6.07) is 5.57. The Labute approximate surface area is 114 Å². The highest BCUT2D eigenvalue weighted by Crippen LogP contribution is 2.21. The van der Waals surface area contributed by atoms with Crippen LogP contribution in [0.25, 0.3) is 0 Å². The monoisotopic (exact) mass is 261 g/mol. The van der Waals surface area contributed by atoms with Gasteiger partial charge in [-0.3, -0.25) is 4.90 Å². The lowest BCUT2D eigenvalue weighted by Gasteiger charge is -2.30. The van der Waals surface area contributed by atoms with Crippen LogP contribution in [-0.2, 0) is 11.3 Å². The van der Waals surface area contributed by atoms with Crippen molar-refractivity contribution in [2.45, 2.75) is 19.0 Å². The summed E-state index contributed by atoms with van der Waals surface area (Å²) in [7, 11) is 0. The molecular weight excluding hydrogens is 240 g/mol. The zero-order valence-corrected chi connectivity index (χ0v) is 11.2. The maximum atomic E-state index is 5.97. The van der Waals surface area contributed by atoms with Gasteiger partial charge in [-0.2, -0.15) is 0 Å². The third-order valence-electron chi connectivity index (χ3n) is 3.80. The molecule has 0 saturated carbocycles. The van der Waals surface area contributed by atoms with Crippen LogP contribution < -0.4 is 10.6 Å². The van der Waals surface area contributed by atoms with E-state index in [4.69, 9.17) is 10.5 Å². The van der Waals surface area contributed by atoms with Crippen LogP contribution in [0.3, 0.4) is 0 Å². The molecule has 3 heterocycles. The highest BCUT2D eigenvalue weighted by atomic mass is 16.5. The van der Waals surface area contributed by atoms with Gasteiger partial charge in [0.2, 0.25) is 0 Å². The molecule has 0 aliphatic carbocycles. The van der Waals surface area contributed by atoms with Crippen LogP contribution in [0, 0.1) is 6.07 Å². The topological polar surface area (TPSA) is 54.6 Å². The third-order valence-corrected chi connectivity index (χ3v) is 3.80. The predicted molar refractivity (Wildman–Crippen MR) is 74.0 cm³/mol. The molecule has 0 amide bonds. The number of rotatable bonds is 3. The maximum Gasteiger partial charge on any atom is 0.133 e. The number of nitrogens with zero attached hydrogens (tertiary/aromatic N) is 3. The zero-order valence-electron chi connectivity index (χ0n) is 11.2. The summed E-state index contributed by atoms with van der Waals surface area (Å²) in [4.78, 5) is 9.23. The Hall–Kier alpha value is -1.17. The summed E-state index contributed by atoms with van der Waals surface area (Å²) in [6.45, 7) is 6.34. The molecular formula is C14H21N4O. The van der Waals surface area contributed by atoms with E-state index in [1.54, 1.807) is 0 Å². The van der Waals surface area contributed by atoms with Gasteiger partial charge in [-0.05, 0) is 18.6 Å². The Kier molecular flexibility index (Phi) is 3.96. The minimum absolute atomic E-state index is 0.323. The first kappa shape index (κ1) is 12.8. The third kappa shape index (κ3) is 3.05. The molecule has 2 saturated heterocycles. The highest BCUT2D eigenvalue weighted by molar-refractivity contribution is 5.46. The summed E-state index contributed by atoms with van der Waals surface area (Å²) in [5, 5.41) is 0. The molecule has 5 nitrogen and oxygen atoms in total. The lowest BCUT2D eigenvalue weighted by molar-refractivity contribution is 0.122. The van der Waals surface area contributed by atoms with Crippen LogP contribution in [0.1, 0.15) is 12.0 Å². The van der Waals surface area contributed by atoms with Crippen LogP contribution in [0.4, 0.5) is 5.82 Å². The first-order chi connectivity index (χ1) is 9.33. The SMILES string of the molecule is NC1CCN(Cc2[c]ccnc2N2CCOCC2)C1. The van der Waals surface area contributed by atoms with Crippen molar-refractivity contribution in [3.8, 4) is 0 Å². The molecule has 2 N–H and O–H groups in total. The minimum Gasteiger partial charge on any atom is -0.378 e. The van der Waals surface area contributed by atoms with E-state index < -0.39 is 0 Å². The second kappa shape index (κ2) is 5.86. The summed E-state index contributed by atoms with van der Waals surface area (Å²) in [6.07, 6.45) is 2.91. The highest BCUT2D eigenvalue weighted by Gasteiger charge is 2.22. The second-order valence-electron chi connectivity index (χ2n) is 5.27. The summed E-state index contributed by atoms with van der Waals surface area (Å²) in [5.74, 6) is 1.06. The first-order valence-corrected chi connectivity index (χ1v) is 6.99. The van der Waals surface area contributed by atoms with Crippen LogP contribution in [-0.4, -0.2) is 55.3 Å². The van der Waals surface area contributed by atoms with E-state index in [-0.39, 0.29) is 0 Å². The lowest BCUT2D eigenvalue weighted by Crippen LogP contribution is -2.38. The van der Waals surface area contributed by atoms with E-state index in [0.717, 1.165) is 58.2 Å². The van der Waals surface area contributed by atoms with Crippen molar-refractivity contribution in [1.29, 1.82) is 0 Å². The van der Waals surface area contributed by atoms with Crippen molar-refractivity contribution in [3.63, 3.8) is 0 Å². The van der Waals surface area contributed by atoms with E-state index in [9.17, 15) is 0 Å². The number of hydrogen-bond donors (Lipinski definition) is 1. The second-order valence-corrected chi connectivity index (χ2v) is 5.27. The van der Waals surface area contributed by atoms with Gasteiger partial charge >= 0.3 is 0 Å². The van der Waals surface area contributed by atoms with Crippen LogP contribution >= 0.6 is 0 Å². The molecule has 2 aliphatic heterocycles. The molecule has 3 rings (SSSR count). The van der Waals surface area contributed by atoms with Gasteiger partial charge in [0.1, 0.15) is 5.82 Å². The number of morpholine rings is 1. The number of hydrogen-bond acceptors (Lipinski definition) is 5. The van der Waals surface area contributed by atoms with Gasteiger partial charge in [0.05, 0.1) is 13.2 Å². The Morgan fingerprint density at radius 2 is 2.21 bits per heavy atom. The molecule has 1 unspecified atom stereocenters. The Morgan fingerprint density at radius 3 is 2.95 bits per heavy atom. The van der Waals surface area contributed by atoms with E-state index >= 15 is 0 Å². The molecule has 0 aromatic carbocycles. The van der Waals surface area contributed by atoms with E-state index in [2.05, 4.69) is 20.9 Å². The fourth-order valence-corrected chi connectivity index (χ4v) is 2.78. The molecule has 103 valence electrons. The Balaban J connectivity index is 1.73. The molecule has 1 radical (unpaired) electrons. The maximum absolute atomic E-state index is 5.97. The Bertz CT molecular complexity index is 420. The average Bonchev–Trinajstić information content (AvgIpc) is 2.86. The fraction of sp³-hybridized carbons (Fsp3) is 0.643. The normalized spacial score (nSPS) is 24.9. The average molecular weight is 261 g/mol. The van der Waals surface area contributed by atoms with Gasteiger partial charge in [0.25, 0.3) is 0 Å². The minimum atomic E-state index is 0.323. The van der Waals surface area contributed by atoms with E-state index in [0.29, 0.717) is 6.04 Å². The zero-order chi connectivity index (χ0) is 13.1. The first-order valence-electron chi connectivity index (χ1n) is 6.99.